The Balaban J connectivity index is 2.30. The van der Waals surface area contributed by atoms with Gasteiger partial charge < -0.3 is 0 Å². The Bertz CT molecular complexity index is 346. The van der Waals surface area contributed by atoms with Crippen LogP contribution in [0.3, 0.4) is 0 Å². The van der Waals surface area contributed by atoms with E-state index in [0.29, 0.717) is 0 Å². The number of hydrogen-bond acceptors (Lipinski definition) is 0. The van der Waals surface area contributed by atoms with Gasteiger partial charge in [0.15, 0.2) is 0 Å². The molecule has 1 nitrogen and oxygen atoms in total. The predicted octanol–water partition coefficient (Wildman–Crippen LogP) is 4.20. The van der Waals surface area contributed by atoms with Gasteiger partial charge in [-0.15, -0.1) is 0 Å². The van der Waals surface area contributed by atoms with Gasteiger partial charge in [-0.3, -0.25) is 0 Å². The summed E-state index contributed by atoms with van der Waals surface area (Å²) in [7, 11) is 0. The van der Waals surface area contributed by atoms with Crippen LogP contribution < -0.4 is 0 Å². The summed E-state index contributed by atoms with van der Waals surface area (Å²) < 4.78 is 10.6. The van der Waals surface area contributed by atoms with E-state index in [1.54, 1.807) is 0 Å². The fourth-order valence-electron chi connectivity index (χ4n) is 1.21. The second kappa shape index (κ2) is 4.57. The molecule has 2 heteroatoms. The van der Waals surface area contributed by atoms with Crippen LogP contribution in [-0.2, 0) is 0 Å². The molecule has 0 bridgehead atoms. The zero-order valence-electron chi connectivity index (χ0n) is 7.65. The Hall–Kier alpha value is -0.870. The maximum atomic E-state index is 8.21. The van der Waals surface area contributed by atoms with E-state index in [0.717, 1.165) is 0 Å². The summed E-state index contributed by atoms with van der Waals surface area (Å²) in [5.74, 6) is 0. The van der Waals surface area contributed by atoms with Gasteiger partial charge in [0.2, 0.25) is 0 Å². The Morgan fingerprint density at radius 3 is 1.36 bits per heavy atom. The number of nitrogens with one attached hydrogen (secondary N) is 1. The summed E-state index contributed by atoms with van der Waals surface area (Å²) in [6.45, 7) is 0. The molecule has 0 aliphatic carbocycles. The minimum atomic E-state index is -1.85. The van der Waals surface area contributed by atoms with Crippen LogP contribution in [0, 0.1) is 7.14 Å². The first-order valence-electron chi connectivity index (χ1n) is 4.39. The van der Waals surface area contributed by atoms with Crippen LogP contribution in [0.1, 0.15) is 0 Å². The van der Waals surface area contributed by atoms with E-state index >= 15 is 0 Å². The molecule has 2 aromatic carbocycles. The van der Waals surface area contributed by atoms with Gasteiger partial charge >= 0.3 is 91.8 Å². The van der Waals surface area contributed by atoms with E-state index < -0.39 is 20.1 Å². The third-order valence-corrected chi connectivity index (χ3v) is 5.83. The van der Waals surface area contributed by atoms with Gasteiger partial charge in [-0.25, -0.2) is 0 Å². The number of hydrogen-bond donors (Lipinski definition) is 0. The van der Waals surface area contributed by atoms with Crippen molar-refractivity contribution < 1.29 is 0 Å². The molecule has 2 rings (SSSR count). The zero-order chi connectivity index (χ0) is 9.80. The van der Waals surface area contributed by atoms with Crippen LogP contribution in [0.5, 0.6) is 0 Å². The monoisotopic (exact) mass is 296 g/mol. The third-order valence-electron chi connectivity index (χ3n) is 1.90. The quantitative estimate of drug-likeness (QED) is 0.742. The van der Waals surface area contributed by atoms with Crippen molar-refractivity contribution in [3.63, 3.8) is 0 Å². The number of benzene rings is 2. The Labute approximate surface area is 91.7 Å². The second-order valence-corrected chi connectivity index (χ2v) is 6.98. The van der Waals surface area contributed by atoms with Gasteiger partial charge in [0.05, 0.1) is 0 Å². The molecular formula is C12H11IN-. The standard InChI is InChI=1S/C12H11IN/c14-13(11-7-3-1-4-8-11)12-9-5-2-6-10-12/h1-10,14H/q-1. The maximum absolute atomic E-state index is 8.21. The van der Waals surface area contributed by atoms with E-state index in [2.05, 4.69) is 24.3 Å². The van der Waals surface area contributed by atoms with E-state index in [-0.39, 0.29) is 0 Å². The fraction of sp³-hybridized carbons (Fsp3) is 0. The van der Waals surface area contributed by atoms with E-state index in [1.165, 1.54) is 7.14 Å². The first-order chi connectivity index (χ1) is 6.88. The number of rotatable bonds is 2. The summed E-state index contributed by atoms with van der Waals surface area (Å²) in [5.41, 5.74) is 0. The zero-order valence-corrected chi connectivity index (χ0v) is 9.81. The van der Waals surface area contributed by atoms with Crippen molar-refractivity contribution >= 4 is 20.1 Å². The van der Waals surface area contributed by atoms with E-state index in [4.69, 9.17) is 3.95 Å². The molecule has 0 spiro atoms. The molecular weight excluding hydrogens is 285 g/mol. The topological polar surface area (TPSA) is 23.8 Å². The van der Waals surface area contributed by atoms with Gasteiger partial charge in [0.1, 0.15) is 0 Å². The molecule has 0 fully saturated rings. The molecule has 0 atom stereocenters. The van der Waals surface area contributed by atoms with Crippen LogP contribution in [0.2, 0.25) is 0 Å². The average molecular weight is 296 g/mol. The molecule has 0 aliphatic rings. The molecule has 0 unspecified atom stereocenters. The normalized spacial score (nSPS) is 11.1. The molecule has 0 amide bonds. The number of halogens is 1. The Morgan fingerprint density at radius 2 is 1.00 bits per heavy atom. The SMILES string of the molecule is [NH-]I(c1ccccc1)c1ccccc1. The molecule has 72 valence electrons. The van der Waals surface area contributed by atoms with Crippen LogP contribution in [0.15, 0.2) is 60.7 Å². The van der Waals surface area contributed by atoms with Crippen molar-refractivity contribution in [2.75, 3.05) is 0 Å². The predicted molar refractivity (Wildman–Crippen MR) is 68.6 cm³/mol. The van der Waals surface area contributed by atoms with Crippen molar-refractivity contribution in [3.05, 3.63) is 71.8 Å². The fourth-order valence-corrected chi connectivity index (χ4v) is 4.20. The molecule has 0 radical (unpaired) electrons. The Kier molecular flexibility index (Phi) is 3.16. The van der Waals surface area contributed by atoms with E-state index in [1.807, 2.05) is 36.4 Å². The third kappa shape index (κ3) is 2.13. The van der Waals surface area contributed by atoms with Gasteiger partial charge in [-0.05, 0) is 0 Å². The summed E-state index contributed by atoms with van der Waals surface area (Å²) >= 11 is -1.85. The van der Waals surface area contributed by atoms with Crippen LogP contribution in [0.25, 0.3) is 3.95 Å². The summed E-state index contributed by atoms with van der Waals surface area (Å²) in [4.78, 5) is 0. The minimum absolute atomic E-state index is 1.20. The molecule has 0 heterocycles. The molecule has 0 saturated heterocycles. The van der Waals surface area contributed by atoms with Crippen LogP contribution in [-0.4, -0.2) is 0 Å². The molecule has 1 N–H and O–H groups in total. The van der Waals surface area contributed by atoms with Crippen LogP contribution in [0.4, 0.5) is 0 Å². The molecule has 2 aromatic rings. The van der Waals surface area contributed by atoms with Crippen LogP contribution >= 0.6 is 20.1 Å². The first-order valence-corrected chi connectivity index (χ1v) is 7.62. The molecule has 14 heavy (non-hydrogen) atoms. The van der Waals surface area contributed by atoms with Gasteiger partial charge in [-0.2, -0.15) is 0 Å². The van der Waals surface area contributed by atoms with Gasteiger partial charge in [0.25, 0.3) is 0 Å². The van der Waals surface area contributed by atoms with Crippen molar-refractivity contribution in [1.29, 1.82) is 0 Å². The van der Waals surface area contributed by atoms with Gasteiger partial charge in [0, 0.05) is 0 Å². The first kappa shape index (κ1) is 9.68. The summed E-state index contributed by atoms with van der Waals surface area (Å²) in [5, 5.41) is 0. The molecule has 0 saturated carbocycles. The average Bonchev–Trinajstić information content (AvgIpc) is 2.30. The van der Waals surface area contributed by atoms with Crippen molar-refractivity contribution in [1.82, 2.24) is 0 Å². The van der Waals surface area contributed by atoms with Gasteiger partial charge in [-0.1, -0.05) is 0 Å². The Morgan fingerprint density at radius 1 is 0.643 bits per heavy atom. The van der Waals surface area contributed by atoms with E-state index in [9.17, 15) is 0 Å². The van der Waals surface area contributed by atoms with Crippen molar-refractivity contribution in [2.45, 2.75) is 0 Å². The molecule has 0 aromatic heterocycles. The van der Waals surface area contributed by atoms with Crippen molar-refractivity contribution in [2.24, 2.45) is 0 Å². The summed E-state index contributed by atoms with van der Waals surface area (Å²) in [6.07, 6.45) is 0. The second-order valence-electron chi connectivity index (χ2n) is 2.87. The van der Waals surface area contributed by atoms with Crippen molar-refractivity contribution in [3.8, 4) is 0 Å². The summed E-state index contributed by atoms with van der Waals surface area (Å²) in [6, 6.07) is 20.3. The molecule has 0 aliphatic heterocycles.